The highest BCUT2D eigenvalue weighted by Gasteiger charge is 2.22. The molecule has 25 heavy (non-hydrogen) atoms. The molecule has 6 heteroatoms. The zero-order chi connectivity index (χ0) is 17.1. The Morgan fingerprint density at radius 2 is 1.92 bits per heavy atom. The van der Waals surface area contributed by atoms with Crippen molar-refractivity contribution in [3.8, 4) is 11.4 Å². The zero-order valence-corrected chi connectivity index (χ0v) is 13.9. The lowest BCUT2D eigenvalue weighted by atomic mass is 10.1. The average Bonchev–Trinajstić information content (AvgIpc) is 3.07. The summed E-state index contributed by atoms with van der Waals surface area (Å²) in [4.78, 5) is 27.4. The van der Waals surface area contributed by atoms with Gasteiger partial charge in [-0.2, -0.15) is 0 Å². The van der Waals surface area contributed by atoms with Crippen LogP contribution in [0.2, 0.25) is 0 Å². The molecule has 3 aromatic rings. The van der Waals surface area contributed by atoms with Crippen LogP contribution in [-0.2, 0) is 13.0 Å². The minimum Gasteiger partial charge on any atom is -0.340 e. The molecular weight excluding hydrogens is 314 g/mol. The quantitative estimate of drug-likeness (QED) is 0.716. The molecule has 0 saturated heterocycles. The van der Waals surface area contributed by atoms with Gasteiger partial charge in [0.05, 0.1) is 11.4 Å². The number of benzene rings is 1. The van der Waals surface area contributed by atoms with E-state index in [2.05, 4.69) is 39.1 Å². The Morgan fingerprint density at radius 1 is 1.04 bits per heavy atom. The molecule has 0 bridgehead atoms. The van der Waals surface area contributed by atoms with Crippen LogP contribution in [0.3, 0.4) is 0 Å². The number of aromatic nitrogens is 4. The smallest absolute Gasteiger partial charge is 0.255 e. The largest absolute Gasteiger partial charge is 0.340 e. The molecule has 126 valence electrons. The Hall–Kier alpha value is -3.02. The van der Waals surface area contributed by atoms with E-state index in [1.807, 2.05) is 6.07 Å². The Bertz CT molecular complexity index is 908. The molecule has 1 aromatic carbocycles. The van der Waals surface area contributed by atoms with Crippen molar-refractivity contribution >= 4 is 5.95 Å². The first-order valence-corrected chi connectivity index (χ1v) is 8.48. The van der Waals surface area contributed by atoms with Gasteiger partial charge in [0.2, 0.25) is 5.95 Å². The minimum absolute atomic E-state index is 0.0239. The van der Waals surface area contributed by atoms with Crippen LogP contribution in [-0.4, -0.2) is 32.6 Å². The standard InChI is InChI=1S/C19H19N5O/c25-18-13-17(16-8-9-20-14-21-16)22-19-23(11-12-24(18)19)10-4-7-15-5-2-1-3-6-15/h1-3,5-6,8-9,13-14H,4,7,10-12H2. The third-order valence-electron chi connectivity index (χ3n) is 4.45. The van der Waals surface area contributed by atoms with Gasteiger partial charge in [0.15, 0.2) is 0 Å². The topological polar surface area (TPSA) is 63.9 Å². The summed E-state index contributed by atoms with van der Waals surface area (Å²) in [6, 6.07) is 13.8. The molecule has 1 aliphatic rings. The maximum Gasteiger partial charge on any atom is 0.255 e. The Labute approximate surface area is 145 Å². The molecule has 2 aromatic heterocycles. The first-order chi connectivity index (χ1) is 12.3. The van der Waals surface area contributed by atoms with Crippen molar-refractivity contribution in [1.29, 1.82) is 0 Å². The fraction of sp³-hybridized carbons (Fsp3) is 0.263. The van der Waals surface area contributed by atoms with Crippen molar-refractivity contribution in [3.63, 3.8) is 0 Å². The third-order valence-corrected chi connectivity index (χ3v) is 4.45. The zero-order valence-electron chi connectivity index (χ0n) is 13.9. The molecule has 0 saturated carbocycles. The maximum absolute atomic E-state index is 12.4. The Kier molecular flexibility index (Phi) is 4.24. The third kappa shape index (κ3) is 3.28. The molecule has 0 radical (unpaired) electrons. The van der Waals surface area contributed by atoms with E-state index in [-0.39, 0.29) is 5.56 Å². The molecule has 0 fully saturated rings. The fourth-order valence-corrected chi connectivity index (χ4v) is 3.17. The predicted octanol–water partition coefficient (Wildman–Crippen LogP) is 2.15. The molecule has 0 aliphatic carbocycles. The van der Waals surface area contributed by atoms with Crippen LogP contribution in [0.4, 0.5) is 5.95 Å². The highest BCUT2D eigenvalue weighted by Crippen LogP contribution is 2.21. The number of hydrogen-bond donors (Lipinski definition) is 0. The van der Waals surface area contributed by atoms with Gasteiger partial charge in [-0.15, -0.1) is 0 Å². The van der Waals surface area contributed by atoms with Gasteiger partial charge >= 0.3 is 0 Å². The summed E-state index contributed by atoms with van der Waals surface area (Å²) >= 11 is 0. The number of anilines is 1. The lowest BCUT2D eigenvalue weighted by molar-refractivity contribution is 0.727. The van der Waals surface area contributed by atoms with Gasteiger partial charge < -0.3 is 4.90 Å². The van der Waals surface area contributed by atoms with Crippen LogP contribution in [0.15, 0.2) is 59.8 Å². The van der Waals surface area contributed by atoms with Crippen molar-refractivity contribution < 1.29 is 0 Å². The first kappa shape index (κ1) is 15.5. The highest BCUT2D eigenvalue weighted by molar-refractivity contribution is 5.55. The SMILES string of the molecule is O=c1cc(-c2ccncn2)nc2n1CCN2CCCc1ccccc1. The number of nitrogens with zero attached hydrogens (tertiary/aromatic N) is 5. The molecule has 1 aliphatic heterocycles. The van der Waals surface area contributed by atoms with Gasteiger partial charge in [0, 0.05) is 31.9 Å². The second-order valence-electron chi connectivity index (χ2n) is 6.10. The highest BCUT2D eigenvalue weighted by atomic mass is 16.1. The average molecular weight is 333 g/mol. The van der Waals surface area contributed by atoms with Crippen molar-refractivity contribution in [3.05, 3.63) is 70.9 Å². The number of fused-ring (bicyclic) bond motifs is 1. The molecular formula is C19H19N5O. The van der Waals surface area contributed by atoms with Gasteiger partial charge in [-0.3, -0.25) is 9.36 Å². The van der Waals surface area contributed by atoms with Crippen LogP contribution in [0.5, 0.6) is 0 Å². The van der Waals surface area contributed by atoms with E-state index in [9.17, 15) is 4.79 Å². The molecule has 3 heterocycles. The van der Waals surface area contributed by atoms with E-state index in [1.165, 1.54) is 11.9 Å². The van der Waals surface area contributed by atoms with Crippen LogP contribution >= 0.6 is 0 Å². The fourth-order valence-electron chi connectivity index (χ4n) is 3.17. The van der Waals surface area contributed by atoms with Gasteiger partial charge in [-0.25, -0.2) is 15.0 Å². The van der Waals surface area contributed by atoms with Gasteiger partial charge in [0.1, 0.15) is 6.33 Å². The summed E-state index contributed by atoms with van der Waals surface area (Å²) in [5.74, 6) is 0.745. The van der Waals surface area contributed by atoms with Crippen LogP contribution < -0.4 is 10.5 Å². The molecule has 6 nitrogen and oxygen atoms in total. The maximum atomic E-state index is 12.4. The molecule has 0 spiro atoms. The van der Waals surface area contributed by atoms with E-state index >= 15 is 0 Å². The lowest BCUT2D eigenvalue weighted by Gasteiger charge is -2.17. The van der Waals surface area contributed by atoms with Crippen molar-refractivity contribution in [2.75, 3.05) is 18.0 Å². The van der Waals surface area contributed by atoms with Gasteiger partial charge in [0.25, 0.3) is 5.56 Å². The number of hydrogen-bond acceptors (Lipinski definition) is 5. The predicted molar refractivity (Wildman–Crippen MR) is 96.5 cm³/mol. The van der Waals surface area contributed by atoms with Gasteiger partial charge in [-0.05, 0) is 24.5 Å². The summed E-state index contributed by atoms with van der Waals surface area (Å²) in [6.07, 6.45) is 5.18. The van der Waals surface area contributed by atoms with Crippen molar-refractivity contribution in [2.45, 2.75) is 19.4 Å². The normalized spacial score (nSPS) is 13.0. The summed E-state index contributed by atoms with van der Waals surface area (Å²) in [6.45, 7) is 2.40. The van der Waals surface area contributed by atoms with Crippen LogP contribution in [0.1, 0.15) is 12.0 Å². The number of aryl methyl sites for hydroxylation is 1. The summed E-state index contributed by atoms with van der Waals surface area (Å²) < 4.78 is 1.74. The lowest BCUT2D eigenvalue weighted by Crippen LogP contribution is -2.24. The number of rotatable bonds is 5. The molecule has 0 amide bonds. The first-order valence-electron chi connectivity index (χ1n) is 8.48. The molecule has 0 atom stereocenters. The molecule has 0 unspecified atom stereocenters. The van der Waals surface area contributed by atoms with Gasteiger partial charge in [-0.1, -0.05) is 30.3 Å². The molecule has 0 N–H and O–H groups in total. The summed E-state index contributed by atoms with van der Waals surface area (Å²) in [7, 11) is 0. The van der Waals surface area contributed by atoms with E-state index in [0.717, 1.165) is 31.9 Å². The Balaban J connectivity index is 1.53. The van der Waals surface area contributed by atoms with E-state index < -0.39 is 0 Å². The second kappa shape index (κ2) is 6.84. The summed E-state index contributed by atoms with van der Waals surface area (Å²) in [5, 5.41) is 0. The van der Waals surface area contributed by atoms with E-state index in [4.69, 9.17) is 4.98 Å². The van der Waals surface area contributed by atoms with Crippen molar-refractivity contribution in [1.82, 2.24) is 19.5 Å². The van der Waals surface area contributed by atoms with Crippen LogP contribution in [0.25, 0.3) is 11.4 Å². The van der Waals surface area contributed by atoms with Crippen LogP contribution in [0, 0.1) is 0 Å². The minimum atomic E-state index is -0.0239. The second-order valence-corrected chi connectivity index (χ2v) is 6.10. The Morgan fingerprint density at radius 3 is 2.72 bits per heavy atom. The summed E-state index contributed by atoms with van der Waals surface area (Å²) in [5.41, 5.74) is 2.59. The van der Waals surface area contributed by atoms with Crippen molar-refractivity contribution in [2.24, 2.45) is 0 Å². The van der Waals surface area contributed by atoms with E-state index in [1.54, 1.807) is 22.9 Å². The van der Waals surface area contributed by atoms with E-state index in [0.29, 0.717) is 17.9 Å². The molecule has 4 rings (SSSR count). The monoisotopic (exact) mass is 333 g/mol.